The molecule has 2 aromatic rings. The second-order valence-electron chi connectivity index (χ2n) is 7.17. The van der Waals surface area contributed by atoms with Gasteiger partial charge < -0.3 is 4.74 Å². The quantitative estimate of drug-likeness (QED) is 0.766. The fourth-order valence-corrected chi connectivity index (χ4v) is 4.17. The first-order valence-electron chi connectivity index (χ1n) is 8.68. The van der Waals surface area contributed by atoms with Crippen LogP contribution in [0.5, 0.6) is 0 Å². The van der Waals surface area contributed by atoms with E-state index in [2.05, 4.69) is 15.2 Å². The summed E-state index contributed by atoms with van der Waals surface area (Å²) in [6.07, 6.45) is 4.78. The molecule has 0 bridgehead atoms. The monoisotopic (exact) mass is 378 g/mol. The molecule has 1 saturated heterocycles. The summed E-state index contributed by atoms with van der Waals surface area (Å²) in [7, 11) is 1.46. The average Bonchev–Trinajstić information content (AvgIpc) is 3.13. The number of piperidine rings is 1. The van der Waals surface area contributed by atoms with Crippen LogP contribution in [-0.2, 0) is 16.1 Å². The highest BCUT2D eigenvalue weighted by atomic mass is 35.5. The number of hydrogen-bond donors (Lipinski definition) is 0. The molecule has 1 aliphatic carbocycles. The first-order valence-corrected chi connectivity index (χ1v) is 9.05. The third-order valence-electron chi connectivity index (χ3n) is 5.61. The summed E-state index contributed by atoms with van der Waals surface area (Å²) in [4.78, 5) is 14.0. The predicted molar refractivity (Wildman–Crippen MR) is 93.4 cm³/mol. The van der Waals surface area contributed by atoms with Crippen molar-refractivity contribution in [2.24, 2.45) is 11.3 Å². The molecule has 26 heavy (non-hydrogen) atoms. The topological polar surface area (TPSA) is 60.2 Å². The van der Waals surface area contributed by atoms with Crippen molar-refractivity contribution in [3.63, 3.8) is 0 Å². The number of esters is 1. The van der Waals surface area contributed by atoms with Crippen LogP contribution in [0.3, 0.4) is 0 Å². The van der Waals surface area contributed by atoms with Gasteiger partial charge in [0.25, 0.3) is 0 Å². The summed E-state index contributed by atoms with van der Waals surface area (Å²) in [5.41, 5.74) is 1.59. The summed E-state index contributed by atoms with van der Waals surface area (Å²) in [5, 5.41) is 8.60. The number of halogens is 2. The van der Waals surface area contributed by atoms with Gasteiger partial charge in [-0.1, -0.05) is 16.8 Å². The van der Waals surface area contributed by atoms with E-state index in [4.69, 9.17) is 16.3 Å². The molecule has 1 spiro atoms. The van der Waals surface area contributed by atoms with E-state index in [1.165, 1.54) is 19.2 Å². The van der Waals surface area contributed by atoms with E-state index in [0.717, 1.165) is 38.0 Å². The van der Waals surface area contributed by atoms with Gasteiger partial charge in [0.2, 0.25) is 0 Å². The molecular weight excluding hydrogens is 359 g/mol. The summed E-state index contributed by atoms with van der Waals surface area (Å²) in [6.45, 7) is 2.55. The summed E-state index contributed by atoms with van der Waals surface area (Å²) in [6, 6.07) is 4.19. The van der Waals surface area contributed by atoms with Crippen molar-refractivity contribution >= 4 is 17.6 Å². The first-order chi connectivity index (χ1) is 12.5. The van der Waals surface area contributed by atoms with Gasteiger partial charge in [0.1, 0.15) is 5.82 Å². The SMILES string of the molecule is COC(=O)C1CC12CCN(Cc1cn(-c3ccc(F)cc3Cl)nn1)CC2. The highest BCUT2D eigenvalue weighted by molar-refractivity contribution is 6.32. The Morgan fingerprint density at radius 2 is 2.19 bits per heavy atom. The van der Waals surface area contributed by atoms with Crippen LogP contribution in [-0.4, -0.2) is 46.1 Å². The summed E-state index contributed by atoms with van der Waals surface area (Å²) >= 11 is 6.08. The maximum atomic E-state index is 13.2. The van der Waals surface area contributed by atoms with Crippen molar-refractivity contribution in [2.45, 2.75) is 25.8 Å². The first kappa shape index (κ1) is 17.4. The fourth-order valence-electron chi connectivity index (χ4n) is 3.92. The van der Waals surface area contributed by atoms with Crippen LogP contribution in [0.15, 0.2) is 24.4 Å². The molecular formula is C18H20ClFN4O2. The normalized spacial score (nSPS) is 21.7. The van der Waals surface area contributed by atoms with Crippen LogP contribution in [0.25, 0.3) is 5.69 Å². The van der Waals surface area contributed by atoms with Gasteiger partial charge in [-0.05, 0) is 56.0 Å². The Morgan fingerprint density at radius 1 is 1.42 bits per heavy atom. The molecule has 1 aromatic carbocycles. The number of rotatable bonds is 4. The van der Waals surface area contributed by atoms with E-state index in [9.17, 15) is 9.18 Å². The van der Waals surface area contributed by atoms with Crippen molar-refractivity contribution in [1.29, 1.82) is 0 Å². The molecule has 6 nitrogen and oxygen atoms in total. The maximum Gasteiger partial charge on any atom is 0.309 e. The zero-order chi connectivity index (χ0) is 18.3. The highest BCUT2D eigenvalue weighted by Gasteiger charge is 2.59. The molecule has 138 valence electrons. The number of benzene rings is 1. The molecule has 4 rings (SSSR count). The van der Waals surface area contributed by atoms with Gasteiger partial charge in [-0.2, -0.15) is 0 Å². The number of hydrogen-bond acceptors (Lipinski definition) is 5. The Balaban J connectivity index is 1.36. The van der Waals surface area contributed by atoms with E-state index in [-0.39, 0.29) is 23.1 Å². The average molecular weight is 379 g/mol. The lowest BCUT2D eigenvalue weighted by Gasteiger charge is -2.32. The lowest BCUT2D eigenvalue weighted by molar-refractivity contribution is -0.143. The van der Waals surface area contributed by atoms with E-state index in [1.54, 1.807) is 10.7 Å². The molecule has 1 aliphatic heterocycles. The minimum absolute atomic E-state index is 0.0717. The molecule has 8 heteroatoms. The molecule has 1 atom stereocenters. The maximum absolute atomic E-state index is 13.2. The zero-order valence-electron chi connectivity index (χ0n) is 14.5. The molecule has 1 unspecified atom stereocenters. The molecule has 2 heterocycles. The molecule has 1 aromatic heterocycles. The Labute approximate surface area is 155 Å². The van der Waals surface area contributed by atoms with Gasteiger partial charge in [-0.3, -0.25) is 9.69 Å². The van der Waals surface area contributed by atoms with Crippen LogP contribution in [0.4, 0.5) is 4.39 Å². The van der Waals surface area contributed by atoms with Crippen molar-refractivity contribution in [1.82, 2.24) is 19.9 Å². The largest absolute Gasteiger partial charge is 0.469 e. The molecule has 0 amide bonds. The third kappa shape index (κ3) is 3.21. The molecule has 0 N–H and O–H groups in total. The van der Waals surface area contributed by atoms with Crippen LogP contribution in [0, 0.1) is 17.2 Å². The van der Waals surface area contributed by atoms with Gasteiger partial charge in [-0.15, -0.1) is 5.10 Å². The number of carbonyl (C=O) groups excluding carboxylic acids is 1. The van der Waals surface area contributed by atoms with Gasteiger partial charge in [-0.25, -0.2) is 9.07 Å². The summed E-state index contributed by atoms with van der Waals surface area (Å²) in [5.74, 6) is -0.375. The number of aromatic nitrogens is 3. The van der Waals surface area contributed by atoms with Crippen molar-refractivity contribution < 1.29 is 13.9 Å². The van der Waals surface area contributed by atoms with Crippen molar-refractivity contribution in [3.05, 3.63) is 40.9 Å². The van der Waals surface area contributed by atoms with Crippen LogP contribution >= 0.6 is 11.6 Å². The highest BCUT2D eigenvalue weighted by Crippen LogP contribution is 2.59. The Hall–Kier alpha value is -1.99. The Bertz CT molecular complexity index is 832. The standard InChI is InChI=1S/C18H20ClFN4O2/c1-26-17(25)14-9-18(14)4-6-23(7-5-18)10-13-11-24(22-21-13)16-3-2-12(20)8-15(16)19/h2-3,8,11,14H,4-7,9-10H2,1H3. The third-order valence-corrected chi connectivity index (χ3v) is 5.91. The lowest BCUT2D eigenvalue weighted by Crippen LogP contribution is -2.35. The lowest BCUT2D eigenvalue weighted by atomic mass is 9.91. The predicted octanol–water partition coefficient (Wildman–Crippen LogP) is 2.83. The second kappa shape index (κ2) is 6.63. The Kier molecular flexibility index (Phi) is 4.44. The smallest absolute Gasteiger partial charge is 0.309 e. The molecule has 2 aliphatic rings. The van der Waals surface area contributed by atoms with Crippen molar-refractivity contribution in [2.75, 3.05) is 20.2 Å². The van der Waals surface area contributed by atoms with E-state index in [0.29, 0.717) is 17.3 Å². The minimum Gasteiger partial charge on any atom is -0.469 e. The minimum atomic E-state index is -0.383. The Morgan fingerprint density at radius 3 is 2.88 bits per heavy atom. The molecule has 2 fully saturated rings. The number of methoxy groups -OCH3 is 1. The van der Waals surface area contributed by atoms with Crippen molar-refractivity contribution in [3.8, 4) is 5.69 Å². The van der Waals surface area contributed by atoms with Crippen LogP contribution in [0.1, 0.15) is 25.0 Å². The van der Waals surface area contributed by atoms with E-state index >= 15 is 0 Å². The number of ether oxygens (including phenoxy) is 1. The van der Waals surface area contributed by atoms with Gasteiger partial charge in [0.05, 0.1) is 35.6 Å². The fraction of sp³-hybridized carbons (Fsp3) is 0.500. The number of nitrogens with zero attached hydrogens (tertiary/aromatic N) is 4. The van der Waals surface area contributed by atoms with Gasteiger partial charge >= 0.3 is 5.97 Å². The van der Waals surface area contributed by atoms with E-state index < -0.39 is 0 Å². The van der Waals surface area contributed by atoms with Crippen LogP contribution in [0.2, 0.25) is 5.02 Å². The second-order valence-corrected chi connectivity index (χ2v) is 7.58. The van der Waals surface area contributed by atoms with E-state index in [1.807, 2.05) is 6.20 Å². The van der Waals surface area contributed by atoms with Gasteiger partial charge in [0.15, 0.2) is 0 Å². The molecule has 0 radical (unpaired) electrons. The number of carbonyl (C=O) groups is 1. The number of likely N-dealkylation sites (tertiary alicyclic amines) is 1. The van der Waals surface area contributed by atoms with Gasteiger partial charge in [0, 0.05) is 6.54 Å². The molecule has 1 saturated carbocycles. The zero-order valence-corrected chi connectivity index (χ0v) is 15.2. The summed E-state index contributed by atoms with van der Waals surface area (Å²) < 4.78 is 19.6. The van der Waals surface area contributed by atoms with Crippen LogP contribution < -0.4 is 0 Å².